The van der Waals surface area contributed by atoms with Crippen molar-refractivity contribution < 1.29 is 0 Å². The summed E-state index contributed by atoms with van der Waals surface area (Å²) >= 11 is 0. The van der Waals surface area contributed by atoms with E-state index < -0.39 is 0 Å². The summed E-state index contributed by atoms with van der Waals surface area (Å²) < 4.78 is 0. The van der Waals surface area contributed by atoms with Crippen LogP contribution in [0.3, 0.4) is 0 Å². The van der Waals surface area contributed by atoms with Crippen molar-refractivity contribution >= 4 is 5.71 Å². The van der Waals surface area contributed by atoms with E-state index in [1.165, 1.54) is 82.4 Å². The second-order valence-corrected chi connectivity index (χ2v) is 8.67. The molecular weight excluding hydrogens is 304 g/mol. The van der Waals surface area contributed by atoms with Crippen LogP contribution in [0.4, 0.5) is 0 Å². The first-order valence-corrected chi connectivity index (χ1v) is 10.9. The third kappa shape index (κ3) is 6.09. The Hall–Kier alpha value is -0.890. The van der Waals surface area contributed by atoms with Gasteiger partial charge in [0.2, 0.25) is 0 Å². The van der Waals surface area contributed by atoms with Crippen molar-refractivity contribution in [2.75, 3.05) is 19.6 Å². The van der Waals surface area contributed by atoms with E-state index in [-0.39, 0.29) is 0 Å². The van der Waals surface area contributed by atoms with Gasteiger partial charge in [-0.2, -0.15) is 0 Å². The topological polar surface area (TPSA) is 15.6 Å². The number of nitrogens with zero attached hydrogens (tertiary/aromatic N) is 2. The zero-order chi connectivity index (χ0) is 17.5. The Bertz CT molecular complexity index is 496. The van der Waals surface area contributed by atoms with Crippen molar-refractivity contribution in [3.63, 3.8) is 0 Å². The lowest BCUT2D eigenvalue weighted by Crippen LogP contribution is -2.31. The van der Waals surface area contributed by atoms with Gasteiger partial charge in [-0.05, 0) is 56.2 Å². The molecule has 3 aliphatic rings. The Morgan fingerprint density at radius 1 is 1.16 bits per heavy atom. The van der Waals surface area contributed by atoms with E-state index in [4.69, 9.17) is 4.99 Å². The summed E-state index contributed by atoms with van der Waals surface area (Å²) in [5.41, 5.74) is 2.65. The van der Waals surface area contributed by atoms with Crippen molar-refractivity contribution in [2.45, 2.75) is 78.1 Å². The maximum atomic E-state index is 5.03. The summed E-state index contributed by atoms with van der Waals surface area (Å²) in [7, 11) is 0. The van der Waals surface area contributed by atoms with E-state index in [9.17, 15) is 0 Å². The van der Waals surface area contributed by atoms with Gasteiger partial charge in [0, 0.05) is 24.4 Å². The van der Waals surface area contributed by atoms with Crippen LogP contribution in [-0.4, -0.2) is 30.2 Å². The van der Waals surface area contributed by atoms with Crippen LogP contribution in [-0.2, 0) is 0 Å². The van der Waals surface area contributed by atoms with Crippen molar-refractivity contribution in [3.8, 4) is 0 Å². The first-order valence-electron chi connectivity index (χ1n) is 10.9. The van der Waals surface area contributed by atoms with Crippen LogP contribution in [0.1, 0.15) is 78.1 Å². The molecule has 2 heterocycles. The lowest BCUT2D eigenvalue weighted by molar-refractivity contribution is 0.224. The smallest absolute Gasteiger partial charge is 0.0406 e. The molecule has 1 saturated carbocycles. The molecule has 140 valence electrons. The van der Waals surface area contributed by atoms with Crippen molar-refractivity contribution in [1.82, 2.24) is 4.90 Å². The lowest BCUT2D eigenvalue weighted by Gasteiger charge is -2.29. The van der Waals surface area contributed by atoms with Gasteiger partial charge in [-0.3, -0.25) is 4.99 Å². The second-order valence-electron chi connectivity index (χ2n) is 8.67. The Morgan fingerprint density at radius 3 is 2.80 bits per heavy atom. The van der Waals surface area contributed by atoms with Crippen LogP contribution in [0.2, 0.25) is 0 Å². The zero-order valence-corrected chi connectivity index (χ0v) is 16.6. The molecule has 0 saturated heterocycles. The van der Waals surface area contributed by atoms with Crippen molar-refractivity contribution in [2.24, 2.45) is 22.7 Å². The Labute approximate surface area is 155 Å². The molecule has 2 aliphatic heterocycles. The zero-order valence-electron chi connectivity index (χ0n) is 16.6. The maximum absolute atomic E-state index is 5.03. The molecule has 1 fully saturated rings. The number of hydrogen-bond donors (Lipinski definition) is 0. The van der Waals surface area contributed by atoms with Crippen LogP contribution in [0.25, 0.3) is 0 Å². The number of rotatable bonds is 6. The predicted molar refractivity (Wildman–Crippen MR) is 109 cm³/mol. The first-order chi connectivity index (χ1) is 12.2. The molecule has 0 amide bonds. The molecule has 0 radical (unpaired) electrons. The molecule has 1 unspecified atom stereocenters. The highest BCUT2D eigenvalue weighted by molar-refractivity contribution is 5.96. The standard InChI is InChI=1S/C23H38N2/c1-3-19(2)17-22-10-9-21-12-15-25(16-13-23(18-21)24-22)14-11-20-7-5-4-6-8-20/h9-10,18-21H,3-8,11-17H2,1-2H3/t19-,21?/m1/s1. The Morgan fingerprint density at radius 2 is 2.00 bits per heavy atom. The predicted octanol–water partition coefficient (Wildman–Crippen LogP) is 6.00. The molecule has 2 heteroatoms. The number of fused-ring (bicyclic) bond motifs is 1. The van der Waals surface area contributed by atoms with Gasteiger partial charge in [0.05, 0.1) is 0 Å². The summed E-state index contributed by atoms with van der Waals surface area (Å²) in [6, 6.07) is 0. The summed E-state index contributed by atoms with van der Waals surface area (Å²) in [5.74, 6) is 2.32. The summed E-state index contributed by atoms with van der Waals surface area (Å²) in [6.07, 6.45) is 20.7. The molecule has 25 heavy (non-hydrogen) atoms. The highest BCUT2D eigenvalue weighted by atomic mass is 15.1. The monoisotopic (exact) mass is 342 g/mol. The highest BCUT2D eigenvalue weighted by Gasteiger charge is 2.19. The summed E-state index contributed by atoms with van der Waals surface area (Å²) in [5, 5.41) is 0. The highest BCUT2D eigenvalue weighted by Crippen LogP contribution is 2.28. The van der Waals surface area contributed by atoms with Gasteiger partial charge in [-0.25, -0.2) is 0 Å². The second kappa shape index (κ2) is 9.71. The fourth-order valence-electron chi connectivity index (χ4n) is 4.51. The average molecular weight is 343 g/mol. The molecule has 2 atom stereocenters. The van der Waals surface area contributed by atoms with Gasteiger partial charge in [0.15, 0.2) is 0 Å². The van der Waals surface area contributed by atoms with Crippen LogP contribution in [0, 0.1) is 17.8 Å². The SMILES string of the molecule is CC[C@@H](C)CC1=NC2=CC(C=C1)CCN(CCC1CCCCC1)CC2. The molecule has 0 spiro atoms. The molecule has 2 nitrogen and oxygen atoms in total. The molecule has 2 bridgehead atoms. The molecule has 0 aromatic carbocycles. The molecular formula is C23H38N2. The normalized spacial score (nSPS) is 27.0. The molecule has 3 rings (SSSR count). The minimum atomic E-state index is 0.589. The van der Waals surface area contributed by atoms with Crippen LogP contribution < -0.4 is 0 Å². The summed E-state index contributed by atoms with van der Waals surface area (Å²) in [4.78, 5) is 7.75. The number of hydrogen-bond acceptors (Lipinski definition) is 2. The van der Waals surface area contributed by atoms with E-state index in [1.54, 1.807) is 0 Å². The molecule has 0 aromatic heterocycles. The van der Waals surface area contributed by atoms with E-state index in [1.807, 2.05) is 0 Å². The fraction of sp³-hybridized carbons (Fsp3) is 0.783. The molecule has 1 aliphatic carbocycles. The third-order valence-electron chi connectivity index (χ3n) is 6.53. The Balaban J connectivity index is 1.54. The number of allylic oxidation sites excluding steroid dienone is 3. The third-order valence-corrected chi connectivity index (χ3v) is 6.53. The van der Waals surface area contributed by atoms with Gasteiger partial charge in [0.1, 0.15) is 0 Å². The maximum Gasteiger partial charge on any atom is 0.0406 e. The minimum Gasteiger partial charge on any atom is -0.303 e. The lowest BCUT2D eigenvalue weighted by atomic mass is 9.87. The van der Waals surface area contributed by atoms with Gasteiger partial charge < -0.3 is 4.90 Å². The number of aliphatic imine (C=N–C) groups is 1. The van der Waals surface area contributed by atoms with E-state index >= 15 is 0 Å². The minimum absolute atomic E-state index is 0.589. The molecule has 0 aromatic rings. The fourth-order valence-corrected chi connectivity index (χ4v) is 4.51. The van der Waals surface area contributed by atoms with Gasteiger partial charge in [0.25, 0.3) is 0 Å². The van der Waals surface area contributed by atoms with E-state index in [0.717, 1.165) is 24.7 Å². The van der Waals surface area contributed by atoms with Crippen LogP contribution in [0.15, 0.2) is 28.9 Å². The first kappa shape index (κ1) is 18.9. The van der Waals surface area contributed by atoms with Crippen LogP contribution in [0.5, 0.6) is 0 Å². The molecule has 0 N–H and O–H groups in total. The van der Waals surface area contributed by atoms with Gasteiger partial charge in [-0.1, -0.05) is 64.5 Å². The van der Waals surface area contributed by atoms with E-state index in [0.29, 0.717) is 5.92 Å². The average Bonchev–Trinajstić information content (AvgIpc) is 2.83. The quantitative estimate of drug-likeness (QED) is 0.578. The van der Waals surface area contributed by atoms with Crippen molar-refractivity contribution in [1.29, 1.82) is 0 Å². The van der Waals surface area contributed by atoms with Crippen molar-refractivity contribution in [3.05, 3.63) is 23.9 Å². The Kier molecular flexibility index (Phi) is 7.34. The largest absolute Gasteiger partial charge is 0.303 e. The van der Waals surface area contributed by atoms with Crippen LogP contribution >= 0.6 is 0 Å². The summed E-state index contributed by atoms with van der Waals surface area (Å²) in [6.45, 7) is 8.38. The van der Waals surface area contributed by atoms with E-state index in [2.05, 4.69) is 37.0 Å². The van der Waals surface area contributed by atoms with Gasteiger partial charge in [-0.15, -0.1) is 0 Å². The van der Waals surface area contributed by atoms with Gasteiger partial charge >= 0.3 is 0 Å².